The smallest absolute Gasteiger partial charge is 0.257 e. The maximum atomic E-state index is 12.3. The molecule has 0 bridgehead atoms. The Morgan fingerprint density at radius 3 is 2.67 bits per heavy atom. The molecule has 0 atom stereocenters. The van der Waals surface area contributed by atoms with Crippen molar-refractivity contribution in [2.75, 3.05) is 19.0 Å². The molecular weight excluding hydrogens is 287 g/mol. The van der Waals surface area contributed by atoms with Crippen LogP contribution in [0.3, 0.4) is 0 Å². The van der Waals surface area contributed by atoms with E-state index in [0.29, 0.717) is 0 Å². The molecular formula is C11H11Cl2F2NO2. The monoisotopic (exact) mass is 297 g/mol. The van der Waals surface area contributed by atoms with Crippen molar-refractivity contribution in [3.63, 3.8) is 0 Å². The fourth-order valence-corrected chi connectivity index (χ4v) is 1.77. The van der Waals surface area contributed by atoms with Crippen molar-refractivity contribution in [1.29, 1.82) is 0 Å². The lowest BCUT2D eigenvalue weighted by Crippen LogP contribution is -2.36. The van der Waals surface area contributed by atoms with Crippen molar-refractivity contribution in [3.05, 3.63) is 28.8 Å². The summed E-state index contributed by atoms with van der Waals surface area (Å²) >= 11 is 11.1. The lowest BCUT2D eigenvalue weighted by Gasteiger charge is -2.21. The summed E-state index contributed by atoms with van der Waals surface area (Å²) in [5, 5.41) is 9.77. The Kier molecular flexibility index (Phi) is 5.62. The number of hydrogen-bond donors (Lipinski definition) is 1. The zero-order valence-corrected chi connectivity index (χ0v) is 10.8. The number of amides is 1. The van der Waals surface area contributed by atoms with Gasteiger partial charge in [0.1, 0.15) is 5.75 Å². The highest BCUT2D eigenvalue weighted by Crippen LogP contribution is 2.23. The number of alkyl halides is 3. The highest BCUT2D eigenvalue weighted by atomic mass is 35.5. The minimum Gasteiger partial charge on any atom is -0.507 e. The SMILES string of the molecule is O=C(c1cc(Cl)ccc1O)N(CCCl)CC(F)F. The van der Waals surface area contributed by atoms with E-state index >= 15 is 0 Å². The zero-order valence-electron chi connectivity index (χ0n) is 9.25. The molecule has 1 amide bonds. The first-order valence-electron chi connectivity index (χ1n) is 5.07. The number of aromatic hydroxyl groups is 1. The molecule has 0 aliphatic heterocycles. The number of halogens is 4. The summed E-state index contributed by atoms with van der Waals surface area (Å²) < 4.78 is 24.7. The summed E-state index contributed by atoms with van der Waals surface area (Å²) in [6.45, 7) is -0.770. The second-order valence-corrected chi connectivity index (χ2v) is 4.31. The first-order valence-corrected chi connectivity index (χ1v) is 5.99. The van der Waals surface area contributed by atoms with Crippen LogP contribution in [0.15, 0.2) is 18.2 Å². The molecule has 0 unspecified atom stereocenters. The van der Waals surface area contributed by atoms with E-state index < -0.39 is 18.9 Å². The van der Waals surface area contributed by atoms with Gasteiger partial charge in [-0.25, -0.2) is 8.78 Å². The average molecular weight is 298 g/mol. The molecule has 0 heterocycles. The third kappa shape index (κ3) is 3.99. The maximum Gasteiger partial charge on any atom is 0.257 e. The van der Waals surface area contributed by atoms with Crippen LogP contribution in [0.5, 0.6) is 5.75 Å². The number of hydrogen-bond acceptors (Lipinski definition) is 2. The summed E-state index contributed by atoms with van der Waals surface area (Å²) in [4.78, 5) is 12.8. The number of phenolic OH excluding ortho intramolecular Hbond substituents is 1. The molecule has 1 aromatic carbocycles. The molecule has 0 saturated carbocycles. The van der Waals surface area contributed by atoms with Crippen LogP contribution in [0.4, 0.5) is 8.78 Å². The van der Waals surface area contributed by atoms with Gasteiger partial charge in [0.15, 0.2) is 0 Å². The van der Waals surface area contributed by atoms with E-state index in [9.17, 15) is 18.7 Å². The molecule has 3 nitrogen and oxygen atoms in total. The highest BCUT2D eigenvalue weighted by molar-refractivity contribution is 6.31. The minimum absolute atomic E-state index is 0.0276. The topological polar surface area (TPSA) is 40.5 Å². The summed E-state index contributed by atoms with van der Waals surface area (Å²) in [5.74, 6) is -1.01. The molecule has 1 rings (SSSR count). The molecule has 0 aliphatic carbocycles. The van der Waals surface area contributed by atoms with E-state index in [0.717, 1.165) is 4.90 Å². The van der Waals surface area contributed by atoms with Crippen LogP contribution in [0.2, 0.25) is 5.02 Å². The van der Waals surface area contributed by atoms with E-state index in [1.54, 1.807) is 0 Å². The second kappa shape index (κ2) is 6.75. The molecule has 1 aromatic rings. The number of carbonyl (C=O) groups excluding carboxylic acids is 1. The van der Waals surface area contributed by atoms with Gasteiger partial charge in [-0.15, -0.1) is 11.6 Å². The van der Waals surface area contributed by atoms with Gasteiger partial charge in [0, 0.05) is 17.4 Å². The Morgan fingerprint density at radius 2 is 2.11 bits per heavy atom. The second-order valence-electron chi connectivity index (χ2n) is 3.49. The number of phenols is 1. The van der Waals surface area contributed by atoms with Crippen LogP contribution in [0.1, 0.15) is 10.4 Å². The first-order chi connectivity index (χ1) is 8.45. The van der Waals surface area contributed by atoms with Gasteiger partial charge < -0.3 is 10.0 Å². The molecule has 0 aliphatic rings. The van der Waals surface area contributed by atoms with Crippen molar-refractivity contribution in [2.45, 2.75) is 6.43 Å². The first kappa shape index (κ1) is 15.0. The summed E-state index contributed by atoms with van der Waals surface area (Å²) in [6.07, 6.45) is -2.67. The molecule has 100 valence electrons. The van der Waals surface area contributed by atoms with Gasteiger partial charge in [-0.05, 0) is 18.2 Å². The normalized spacial score (nSPS) is 10.7. The Bertz CT molecular complexity index is 430. The molecule has 1 N–H and O–H groups in total. The minimum atomic E-state index is -2.67. The molecule has 0 saturated heterocycles. The molecule has 18 heavy (non-hydrogen) atoms. The largest absolute Gasteiger partial charge is 0.507 e. The van der Waals surface area contributed by atoms with Crippen molar-refractivity contribution < 1.29 is 18.7 Å². The summed E-state index contributed by atoms with van der Waals surface area (Å²) in [6, 6.07) is 3.86. The van der Waals surface area contributed by atoms with Gasteiger partial charge in [-0.2, -0.15) is 0 Å². The summed E-state index contributed by atoms with van der Waals surface area (Å²) in [7, 11) is 0. The number of benzene rings is 1. The lowest BCUT2D eigenvalue weighted by atomic mass is 10.1. The predicted octanol–water partition coefficient (Wildman–Crippen LogP) is 2.99. The van der Waals surface area contributed by atoms with Crippen LogP contribution >= 0.6 is 23.2 Å². The maximum absolute atomic E-state index is 12.3. The third-order valence-corrected chi connectivity index (χ3v) is 2.59. The number of nitrogens with zero attached hydrogens (tertiary/aromatic N) is 1. The molecule has 0 aromatic heterocycles. The quantitative estimate of drug-likeness (QED) is 0.849. The van der Waals surface area contributed by atoms with Gasteiger partial charge in [0.05, 0.1) is 12.1 Å². The lowest BCUT2D eigenvalue weighted by molar-refractivity contribution is 0.0568. The van der Waals surface area contributed by atoms with Gasteiger partial charge in [0.2, 0.25) is 0 Å². The van der Waals surface area contributed by atoms with E-state index in [-0.39, 0.29) is 28.8 Å². The molecule has 0 spiro atoms. The number of carbonyl (C=O) groups is 1. The van der Waals surface area contributed by atoms with Gasteiger partial charge in [0.25, 0.3) is 12.3 Å². The Hall–Kier alpha value is -1.07. The highest BCUT2D eigenvalue weighted by Gasteiger charge is 2.21. The molecule has 0 radical (unpaired) electrons. The fourth-order valence-electron chi connectivity index (χ4n) is 1.39. The molecule has 7 heteroatoms. The Morgan fingerprint density at radius 1 is 1.44 bits per heavy atom. The van der Waals surface area contributed by atoms with Crippen molar-refractivity contribution in [3.8, 4) is 5.75 Å². The number of rotatable bonds is 5. The predicted molar refractivity (Wildman–Crippen MR) is 65.7 cm³/mol. The van der Waals surface area contributed by atoms with E-state index in [2.05, 4.69) is 0 Å². The van der Waals surface area contributed by atoms with Crippen LogP contribution in [0.25, 0.3) is 0 Å². The standard InChI is InChI=1S/C11H11Cl2F2NO2/c12-3-4-16(6-10(14)15)11(18)8-5-7(13)1-2-9(8)17/h1-2,5,10,17H,3-4,6H2. The summed E-state index contributed by atoms with van der Waals surface area (Å²) in [5.41, 5.74) is -0.117. The van der Waals surface area contributed by atoms with Crippen LogP contribution < -0.4 is 0 Å². The Labute approximate surface area is 113 Å². The fraction of sp³-hybridized carbons (Fsp3) is 0.364. The molecule has 0 fully saturated rings. The Balaban J connectivity index is 2.97. The van der Waals surface area contributed by atoms with Gasteiger partial charge in [-0.3, -0.25) is 4.79 Å². The van der Waals surface area contributed by atoms with E-state index in [1.807, 2.05) is 0 Å². The van der Waals surface area contributed by atoms with Crippen LogP contribution in [0, 0.1) is 0 Å². The zero-order chi connectivity index (χ0) is 13.7. The average Bonchev–Trinajstić information content (AvgIpc) is 2.30. The van der Waals surface area contributed by atoms with Crippen LogP contribution in [-0.4, -0.2) is 41.3 Å². The van der Waals surface area contributed by atoms with Crippen LogP contribution in [-0.2, 0) is 0 Å². The van der Waals surface area contributed by atoms with Crippen molar-refractivity contribution >= 4 is 29.1 Å². The van der Waals surface area contributed by atoms with Gasteiger partial charge in [-0.1, -0.05) is 11.6 Å². The van der Waals surface area contributed by atoms with Crippen molar-refractivity contribution in [2.24, 2.45) is 0 Å². The van der Waals surface area contributed by atoms with Gasteiger partial charge >= 0.3 is 0 Å². The van der Waals surface area contributed by atoms with E-state index in [4.69, 9.17) is 23.2 Å². The third-order valence-electron chi connectivity index (χ3n) is 2.19. The van der Waals surface area contributed by atoms with E-state index in [1.165, 1.54) is 18.2 Å². The van der Waals surface area contributed by atoms with Crippen molar-refractivity contribution in [1.82, 2.24) is 4.90 Å².